The molecular formula is C21H27NO4. The summed E-state index contributed by atoms with van der Waals surface area (Å²) in [6, 6.07) is 13.3. The summed E-state index contributed by atoms with van der Waals surface area (Å²) in [7, 11) is 3.28. The van der Waals surface area contributed by atoms with Crippen molar-refractivity contribution < 1.29 is 19.0 Å². The smallest absolute Gasteiger partial charge is 0.220 e. The van der Waals surface area contributed by atoms with Gasteiger partial charge in [0, 0.05) is 6.42 Å². The molecule has 2 aromatic rings. The van der Waals surface area contributed by atoms with E-state index in [1.165, 1.54) is 0 Å². The summed E-state index contributed by atoms with van der Waals surface area (Å²) in [6.45, 7) is 4.35. The summed E-state index contributed by atoms with van der Waals surface area (Å²) in [5.41, 5.74) is 2.20. The molecular weight excluding hydrogens is 330 g/mol. The second kappa shape index (κ2) is 9.70. The highest BCUT2D eigenvalue weighted by molar-refractivity contribution is 5.76. The van der Waals surface area contributed by atoms with E-state index >= 15 is 0 Å². The summed E-state index contributed by atoms with van der Waals surface area (Å²) >= 11 is 0. The van der Waals surface area contributed by atoms with Gasteiger partial charge < -0.3 is 19.5 Å². The molecule has 1 amide bonds. The van der Waals surface area contributed by atoms with Crippen LogP contribution in [0.5, 0.6) is 17.2 Å². The van der Waals surface area contributed by atoms with Gasteiger partial charge in [0.15, 0.2) is 0 Å². The summed E-state index contributed by atoms with van der Waals surface area (Å²) in [4.78, 5) is 12.1. The third-order valence-corrected chi connectivity index (χ3v) is 4.07. The lowest BCUT2D eigenvalue weighted by molar-refractivity contribution is -0.121. The first-order valence-electron chi connectivity index (χ1n) is 8.71. The first-order valence-corrected chi connectivity index (χ1v) is 8.71. The maximum atomic E-state index is 12.1. The number of ether oxygens (including phenoxy) is 3. The highest BCUT2D eigenvalue weighted by atomic mass is 16.5. The van der Waals surface area contributed by atoms with Crippen LogP contribution < -0.4 is 19.5 Å². The number of rotatable bonds is 9. The van der Waals surface area contributed by atoms with Gasteiger partial charge >= 0.3 is 0 Å². The first kappa shape index (κ1) is 19.6. The molecule has 2 rings (SSSR count). The third-order valence-electron chi connectivity index (χ3n) is 4.07. The van der Waals surface area contributed by atoms with Gasteiger partial charge in [-0.15, -0.1) is 0 Å². The van der Waals surface area contributed by atoms with Crippen LogP contribution in [0.2, 0.25) is 0 Å². The number of benzene rings is 2. The molecule has 0 bridgehead atoms. The molecule has 0 saturated heterocycles. The Kier molecular flexibility index (Phi) is 7.33. The minimum absolute atomic E-state index is 0.0179. The van der Waals surface area contributed by atoms with Crippen LogP contribution in [0.1, 0.15) is 24.5 Å². The van der Waals surface area contributed by atoms with Gasteiger partial charge in [-0.25, -0.2) is 0 Å². The Hall–Kier alpha value is -2.69. The van der Waals surface area contributed by atoms with Crippen LogP contribution >= 0.6 is 0 Å². The van der Waals surface area contributed by atoms with E-state index in [2.05, 4.69) is 11.4 Å². The van der Waals surface area contributed by atoms with Crippen LogP contribution in [0.3, 0.4) is 0 Å². The predicted octanol–water partition coefficient (Wildman–Crippen LogP) is 3.53. The van der Waals surface area contributed by atoms with Crippen LogP contribution in [-0.4, -0.2) is 32.8 Å². The summed E-state index contributed by atoms with van der Waals surface area (Å²) < 4.78 is 16.1. The molecule has 0 radical (unpaired) electrons. The van der Waals surface area contributed by atoms with Crippen molar-refractivity contribution in [1.29, 1.82) is 0 Å². The Morgan fingerprint density at radius 3 is 2.35 bits per heavy atom. The van der Waals surface area contributed by atoms with E-state index in [-0.39, 0.29) is 11.9 Å². The molecule has 26 heavy (non-hydrogen) atoms. The van der Waals surface area contributed by atoms with Gasteiger partial charge in [-0.3, -0.25) is 4.79 Å². The number of hydrogen-bond acceptors (Lipinski definition) is 4. The Labute approximate surface area is 155 Å². The number of amides is 1. The first-order chi connectivity index (χ1) is 12.5. The number of carbonyl (C=O) groups is 1. The van der Waals surface area contributed by atoms with Crippen LogP contribution in [0, 0.1) is 6.92 Å². The fraction of sp³-hybridized carbons (Fsp3) is 0.381. The van der Waals surface area contributed by atoms with Crippen molar-refractivity contribution >= 4 is 5.91 Å². The zero-order valence-corrected chi connectivity index (χ0v) is 15.9. The standard InChI is InChI=1S/C21H27NO4/c1-15-13-17(5-11-20(15)25-4)6-12-21(23)22-16(2)14-26-19-9-7-18(24-3)8-10-19/h5,7-11,13,16H,6,12,14H2,1-4H3,(H,22,23)/t16-/m0/s1. The molecule has 0 saturated carbocycles. The van der Waals surface area contributed by atoms with E-state index in [4.69, 9.17) is 14.2 Å². The predicted molar refractivity (Wildman–Crippen MR) is 102 cm³/mol. The largest absolute Gasteiger partial charge is 0.497 e. The van der Waals surface area contributed by atoms with Crippen LogP contribution in [-0.2, 0) is 11.2 Å². The fourth-order valence-electron chi connectivity index (χ4n) is 2.64. The average molecular weight is 357 g/mol. The van der Waals surface area contributed by atoms with Gasteiger partial charge in [0.25, 0.3) is 0 Å². The zero-order chi connectivity index (χ0) is 18.9. The van der Waals surface area contributed by atoms with E-state index in [1.807, 2.05) is 50.2 Å². The second-order valence-electron chi connectivity index (χ2n) is 6.26. The maximum Gasteiger partial charge on any atom is 0.220 e. The van der Waals surface area contributed by atoms with Gasteiger partial charge in [-0.2, -0.15) is 0 Å². The SMILES string of the molecule is COc1ccc(OC[C@H](C)NC(=O)CCc2ccc(OC)c(C)c2)cc1. The number of nitrogens with one attached hydrogen (secondary N) is 1. The topological polar surface area (TPSA) is 56.8 Å². The number of methoxy groups -OCH3 is 2. The number of carbonyl (C=O) groups excluding carboxylic acids is 1. The van der Waals surface area contributed by atoms with Crippen molar-refractivity contribution in [2.45, 2.75) is 32.7 Å². The molecule has 1 N–H and O–H groups in total. The van der Waals surface area contributed by atoms with Crippen LogP contribution in [0.4, 0.5) is 0 Å². The van der Waals surface area contributed by atoms with Crippen molar-refractivity contribution in [2.75, 3.05) is 20.8 Å². The van der Waals surface area contributed by atoms with Crippen LogP contribution in [0.15, 0.2) is 42.5 Å². The molecule has 1 atom stereocenters. The van der Waals surface area contributed by atoms with Crippen molar-refractivity contribution in [2.24, 2.45) is 0 Å². The van der Waals surface area contributed by atoms with Crippen molar-refractivity contribution in [3.63, 3.8) is 0 Å². The molecule has 0 fully saturated rings. The Morgan fingerprint density at radius 2 is 1.73 bits per heavy atom. The lowest BCUT2D eigenvalue weighted by atomic mass is 10.1. The average Bonchev–Trinajstić information content (AvgIpc) is 2.65. The van der Waals surface area contributed by atoms with Gasteiger partial charge in [0.05, 0.1) is 20.3 Å². The highest BCUT2D eigenvalue weighted by Crippen LogP contribution is 2.19. The van der Waals surface area contributed by atoms with Gasteiger partial charge in [0.2, 0.25) is 5.91 Å². The Balaban J connectivity index is 1.73. The zero-order valence-electron chi connectivity index (χ0n) is 15.9. The highest BCUT2D eigenvalue weighted by Gasteiger charge is 2.09. The molecule has 0 aliphatic carbocycles. The minimum atomic E-state index is -0.0674. The van der Waals surface area contributed by atoms with Crippen molar-refractivity contribution in [1.82, 2.24) is 5.32 Å². The molecule has 0 aliphatic rings. The molecule has 0 spiro atoms. The molecule has 5 nitrogen and oxygen atoms in total. The molecule has 0 aromatic heterocycles. The lowest BCUT2D eigenvalue weighted by Gasteiger charge is -2.15. The minimum Gasteiger partial charge on any atom is -0.497 e. The van der Waals surface area contributed by atoms with E-state index in [0.717, 1.165) is 28.4 Å². The molecule has 5 heteroatoms. The molecule has 2 aromatic carbocycles. The summed E-state index contributed by atoms with van der Waals surface area (Å²) in [5, 5.41) is 2.97. The molecule has 0 heterocycles. The number of aryl methyl sites for hydroxylation is 2. The van der Waals surface area contributed by atoms with Gasteiger partial charge in [0.1, 0.15) is 23.9 Å². The van der Waals surface area contributed by atoms with E-state index < -0.39 is 0 Å². The molecule has 140 valence electrons. The second-order valence-corrected chi connectivity index (χ2v) is 6.26. The monoisotopic (exact) mass is 357 g/mol. The van der Waals surface area contributed by atoms with E-state index in [0.29, 0.717) is 19.4 Å². The van der Waals surface area contributed by atoms with Gasteiger partial charge in [-0.1, -0.05) is 12.1 Å². The Bertz CT molecular complexity index is 712. The van der Waals surface area contributed by atoms with Crippen LogP contribution in [0.25, 0.3) is 0 Å². The van der Waals surface area contributed by atoms with E-state index in [9.17, 15) is 4.79 Å². The fourth-order valence-corrected chi connectivity index (χ4v) is 2.64. The van der Waals surface area contributed by atoms with Gasteiger partial charge in [-0.05, 0) is 61.7 Å². The summed E-state index contributed by atoms with van der Waals surface area (Å²) in [5.74, 6) is 2.42. The Morgan fingerprint density at radius 1 is 1.04 bits per heavy atom. The normalized spacial score (nSPS) is 11.5. The maximum absolute atomic E-state index is 12.1. The lowest BCUT2D eigenvalue weighted by Crippen LogP contribution is -2.36. The van der Waals surface area contributed by atoms with Crippen molar-refractivity contribution in [3.8, 4) is 17.2 Å². The summed E-state index contributed by atoms with van der Waals surface area (Å²) in [6.07, 6.45) is 1.14. The third kappa shape index (κ3) is 5.99. The quantitative estimate of drug-likeness (QED) is 0.746. The molecule has 0 unspecified atom stereocenters. The van der Waals surface area contributed by atoms with E-state index in [1.54, 1.807) is 14.2 Å². The number of hydrogen-bond donors (Lipinski definition) is 1. The van der Waals surface area contributed by atoms with Crippen molar-refractivity contribution in [3.05, 3.63) is 53.6 Å². The molecule has 0 aliphatic heterocycles.